The lowest BCUT2D eigenvalue weighted by Crippen LogP contribution is -2.38. The number of fused-ring (bicyclic) bond motifs is 1. The van der Waals surface area contributed by atoms with Crippen LogP contribution in [0.25, 0.3) is 0 Å². The van der Waals surface area contributed by atoms with Crippen molar-refractivity contribution in [2.24, 2.45) is 0 Å². The number of rotatable bonds is 5. The second-order valence-electron chi connectivity index (χ2n) is 9.28. The van der Waals surface area contributed by atoms with Crippen LogP contribution in [0.4, 0.5) is 21.5 Å². The zero-order valence-corrected chi connectivity index (χ0v) is 19.8. The summed E-state index contributed by atoms with van der Waals surface area (Å²) < 4.78 is 20.3. The van der Waals surface area contributed by atoms with Gasteiger partial charge in [0.05, 0.1) is 19.3 Å². The van der Waals surface area contributed by atoms with Gasteiger partial charge in [0.1, 0.15) is 11.6 Å². The molecule has 8 heteroatoms. The first-order valence-electron chi connectivity index (χ1n) is 11.6. The Bertz CT molecular complexity index is 1180. The van der Waals surface area contributed by atoms with Gasteiger partial charge in [0, 0.05) is 48.7 Å². The first-order valence-corrected chi connectivity index (χ1v) is 11.6. The quantitative estimate of drug-likeness (QED) is 0.681. The molecule has 1 atom stereocenters. The predicted octanol–water partition coefficient (Wildman–Crippen LogP) is 3.05. The highest BCUT2D eigenvalue weighted by Gasteiger charge is 2.30. The van der Waals surface area contributed by atoms with E-state index in [0.717, 1.165) is 30.8 Å². The molecule has 1 saturated heterocycles. The molecular formula is C26H29FN4O3. The molecule has 2 aromatic carbocycles. The van der Waals surface area contributed by atoms with Crippen molar-refractivity contribution in [3.05, 3.63) is 65.2 Å². The molecular weight excluding hydrogens is 435 g/mol. The van der Waals surface area contributed by atoms with Gasteiger partial charge in [-0.2, -0.15) is 0 Å². The summed E-state index contributed by atoms with van der Waals surface area (Å²) in [7, 11) is 5.64. The molecule has 0 N–H and O–H groups in total. The Morgan fingerprint density at radius 1 is 1.03 bits per heavy atom. The van der Waals surface area contributed by atoms with Crippen LogP contribution < -0.4 is 14.7 Å². The van der Waals surface area contributed by atoms with Gasteiger partial charge in [-0.25, -0.2) is 4.39 Å². The number of carbonyl (C=O) groups is 2. The molecule has 3 aliphatic heterocycles. The predicted molar refractivity (Wildman–Crippen MR) is 130 cm³/mol. The fraction of sp³-hybridized carbons (Fsp3) is 0.385. The minimum absolute atomic E-state index is 0.133. The van der Waals surface area contributed by atoms with Crippen LogP contribution in [-0.2, 0) is 16.0 Å². The van der Waals surface area contributed by atoms with Gasteiger partial charge in [-0.05, 0) is 68.9 Å². The van der Waals surface area contributed by atoms with Gasteiger partial charge in [0.15, 0.2) is 0 Å². The first-order chi connectivity index (χ1) is 16.4. The molecule has 7 nitrogen and oxygen atoms in total. The Balaban J connectivity index is 1.33. The van der Waals surface area contributed by atoms with E-state index in [4.69, 9.17) is 4.74 Å². The number of nitrogens with zero attached hydrogens (tertiary/aromatic N) is 4. The number of hydrogen-bond acceptors (Lipinski definition) is 5. The molecule has 5 rings (SSSR count). The Morgan fingerprint density at radius 3 is 2.47 bits per heavy atom. The summed E-state index contributed by atoms with van der Waals surface area (Å²) in [4.78, 5) is 33.0. The highest BCUT2D eigenvalue weighted by molar-refractivity contribution is 6.09. The number of methoxy groups -OCH3 is 1. The minimum atomic E-state index is -0.306. The molecule has 178 valence electrons. The third-order valence-electron chi connectivity index (χ3n) is 7.08. The lowest BCUT2D eigenvalue weighted by atomic mass is 9.97. The van der Waals surface area contributed by atoms with Gasteiger partial charge < -0.3 is 24.3 Å². The fourth-order valence-corrected chi connectivity index (χ4v) is 5.03. The van der Waals surface area contributed by atoms with E-state index in [2.05, 4.69) is 9.80 Å². The van der Waals surface area contributed by atoms with E-state index in [1.807, 2.05) is 26.2 Å². The molecule has 2 aromatic rings. The van der Waals surface area contributed by atoms with E-state index in [-0.39, 0.29) is 17.6 Å². The first kappa shape index (κ1) is 22.4. The number of ether oxygens (including phenoxy) is 1. The van der Waals surface area contributed by atoms with Crippen molar-refractivity contribution in [2.75, 3.05) is 62.1 Å². The van der Waals surface area contributed by atoms with Crippen molar-refractivity contribution >= 4 is 28.9 Å². The van der Waals surface area contributed by atoms with E-state index >= 15 is 4.39 Å². The van der Waals surface area contributed by atoms with Crippen LogP contribution in [0.15, 0.2) is 48.2 Å². The van der Waals surface area contributed by atoms with Crippen LogP contribution in [-0.4, -0.2) is 70.1 Å². The number of halogens is 1. The van der Waals surface area contributed by atoms with E-state index in [9.17, 15) is 9.59 Å². The number of hydrogen-bond donors (Lipinski definition) is 0. The highest BCUT2D eigenvalue weighted by atomic mass is 19.1. The van der Waals surface area contributed by atoms with Gasteiger partial charge in [-0.15, -0.1) is 0 Å². The monoisotopic (exact) mass is 464 g/mol. The van der Waals surface area contributed by atoms with Crippen LogP contribution in [0.2, 0.25) is 0 Å². The Morgan fingerprint density at radius 2 is 1.79 bits per heavy atom. The van der Waals surface area contributed by atoms with E-state index in [1.165, 1.54) is 12.1 Å². The summed E-state index contributed by atoms with van der Waals surface area (Å²) in [6.07, 6.45) is 3.11. The van der Waals surface area contributed by atoms with Crippen molar-refractivity contribution in [1.82, 2.24) is 4.90 Å². The third-order valence-corrected chi connectivity index (χ3v) is 7.08. The molecule has 3 aliphatic rings. The number of anilines is 3. The molecule has 0 unspecified atom stereocenters. The molecule has 2 amide bonds. The zero-order chi connectivity index (χ0) is 24.0. The van der Waals surface area contributed by atoms with Crippen molar-refractivity contribution < 1.29 is 18.7 Å². The van der Waals surface area contributed by atoms with Gasteiger partial charge in [0.2, 0.25) is 0 Å². The van der Waals surface area contributed by atoms with Crippen molar-refractivity contribution in [3.63, 3.8) is 0 Å². The maximum Gasteiger partial charge on any atom is 0.258 e. The molecule has 0 aromatic heterocycles. The van der Waals surface area contributed by atoms with E-state index < -0.39 is 0 Å². The highest BCUT2D eigenvalue weighted by Crippen LogP contribution is 2.32. The maximum absolute atomic E-state index is 15.1. The maximum atomic E-state index is 15.1. The largest absolute Gasteiger partial charge is 0.499 e. The van der Waals surface area contributed by atoms with Crippen LogP contribution in [0.3, 0.4) is 0 Å². The molecule has 0 spiro atoms. The van der Waals surface area contributed by atoms with Gasteiger partial charge in [0.25, 0.3) is 11.8 Å². The Hall–Kier alpha value is -3.39. The molecule has 0 saturated carbocycles. The van der Waals surface area contributed by atoms with E-state index in [0.29, 0.717) is 48.2 Å². The van der Waals surface area contributed by atoms with Gasteiger partial charge >= 0.3 is 0 Å². The number of carbonyl (C=O) groups excluding carboxylic acids is 2. The molecule has 0 bridgehead atoms. The van der Waals surface area contributed by atoms with Crippen molar-refractivity contribution in [3.8, 4) is 0 Å². The lowest BCUT2D eigenvalue weighted by molar-refractivity contribution is -0.113. The smallest absolute Gasteiger partial charge is 0.258 e. The fourth-order valence-electron chi connectivity index (χ4n) is 5.03. The standard InChI is InChI=1S/C26H29FN4O3/c1-28(2)20-9-10-29(15-20)24-7-5-19(13-23(24)27)30-11-8-17-12-18(4-6-22(17)26(30)33)31-16-21(34-3)14-25(31)32/h4-7,12-14,20H,8-11,15-16H2,1-3H3/t20-/m1/s1. The summed E-state index contributed by atoms with van der Waals surface area (Å²) >= 11 is 0. The Kier molecular flexibility index (Phi) is 5.77. The lowest BCUT2D eigenvalue weighted by Gasteiger charge is -2.30. The summed E-state index contributed by atoms with van der Waals surface area (Å²) in [6, 6.07) is 10.9. The second-order valence-corrected chi connectivity index (χ2v) is 9.28. The van der Waals surface area contributed by atoms with Crippen LogP contribution in [0.5, 0.6) is 0 Å². The van der Waals surface area contributed by atoms with Crippen molar-refractivity contribution in [2.45, 2.75) is 18.9 Å². The summed E-state index contributed by atoms with van der Waals surface area (Å²) in [5, 5.41) is 0. The molecule has 1 fully saturated rings. The molecule has 0 aliphatic carbocycles. The number of benzene rings is 2. The van der Waals surface area contributed by atoms with Gasteiger partial charge in [-0.3, -0.25) is 9.59 Å². The molecule has 0 radical (unpaired) electrons. The van der Waals surface area contributed by atoms with E-state index in [1.54, 1.807) is 35.1 Å². The minimum Gasteiger partial charge on any atom is -0.499 e. The van der Waals surface area contributed by atoms with Crippen LogP contribution >= 0.6 is 0 Å². The average Bonchev–Trinajstić information content (AvgIpc) is 3.46. The summed E-state index contributed by atoms with van der Waals surface area (Å²) in [5.41, 5.74) is 3.36. The summed E-state index contributed by atoms with van der Waals surface area (Å²) in [6.45, 7) is 2.45. The normalized spacial score (nSPS) is 20.3. The second kappa shape index (κ2) is 8.76. The van der Waals surface area contributed by atoms with Crippen LogP contribution in [0.1, 0.15) is 22.3 Å². The number of amides is 2. The third kappa shape index (κ3) is 3.92. The molecule has 3 heterocycles. The topological polar surface area (TPSA) is 56.3 Å². The molecule has 34 heavy (non-hydrogen) atoms. The SMILES string of the molecule is COC1=CC(=O)N(c2ccc3c(c2)CCN(c2ccc(N4CC[C@@H](N(C)C)C4)c(F)c2)C3=O)C1. The number of likely N-dealkylation sites (N-methyl/N-ethyl adjacent to an activating group) is 1. The Labute approximate surface area is 199 Å². The van der Waals surface area contributed by atoms with Gasteiger partial charge in [-0.1, -0.05) is 0 Å². The van der Waals surface area contributed by atoms with Crippen LogP contribution in [0, 0.1) is 5.82 Å². The zero-order valence-electron chi connectivity index (χ0n) is 19.8. The summed E-state index contributed by atoms with van der Waals surface area (Å²) in [5.74, 6) is 0.0183. The average molecular weight is 465 g/mol. The van der Waals surface area contributed by atoms with Crippen molar-refractivity contribution in [1.29, 1.82) is 0 Å².